The number of benzene rings is 2. The van der Waals surface area contributed by atoms with Crippen LogP contribution in [0.25, 0.3) is 0 Å². The molecule has 1 aliphatic rings. The van der Waals surface area contributed by atoms with E-state index in [4.69, 9.17) is 14.3 Å². The molecule has 8 nitrogen and oxygen atoms in total. The van der Waals surface area contributed by atoms with Gasteiger partial charge in [0.25, 0.3) is 0 Å². The van der Waals surface area contributed by atoms with Gasteiger partial charge in [0, 0.05) is 6.42 Å². The zero-order chi connectivity index (χ0) is 21.3. The maximum absolute atomic E-state index is 12.6. The Morgan fingerprint density at radius 1 is 0.933 bits per heavy atom. The molecule has 0 spiro atoms. The number of hydrogen-bond donors (Lipinski definition) is 0. The van der Waals surface area contributed by atoms with Gasteiger partial charge in [-0.05, 0) is 11.1 Å². The molecule has 8 heteroatoms. The van der Waals surface area contributed by atoms with Crippen molar-refractivity contribution in [2.45, 2.75) is 38.2 Å². The Balaban J connectivity index is 1.64. The van der Waals surface area contributed by atoms with Crippen LogP contribution in [0, 0.1) is 0 Å². The Morgan fingerprint density at radius 2 is 1.50 bits per heavy atom. The largest absolute Gasteiger partial charge is 0.469 e. The third kappa shape index (κ3) is 5.81. The minimum Gasteiger partial charge on any atom is -0.469 e. The highest BCUT2D eigenvalue weighted by atomic mass is 16.7. The molecule has 1 saturated heterocycles. The third-order valence-corrected chi connectivity index (χ3v) is 4.53. The Morgan fingerprint density at radius 3 is 2.07 bits per heavy atom. The van der Waals surface area contributed by atoms with E-state index in [2.05, 4.69) is 4.74 Å². The summed E-state index contributed by atoms with van der Waals surface area (Å²) in [5, 5.41) is 0.851. The van der Waals surface area contributed by atoms with E-state index in [9.17, 15) is 14.4 Å². The molecule has 0 aliphatic carbocycles. The van der Waals surface area contributed by atoms with Gasteiger partial charge in [-0.1, -0.05) is 60.7 Å². The molecular formula is C22H23NO7. The van der Waals surface area contributed by atoms with Crippen molar-refractivity contribution in [3.8, 4) is 0 Å². The monoisotopic (exact) mass is 413 g/mol. The van der Waals surface area contributed by atoms with Crippen LogP contribution in [0.1, 0.15) is 24.0 Å². The van der Waals surface area contributed by atoms with Crippen molar-refractivity contribution in [1.29, 1.82) is 0 Å². The first kappa shape index (κ1) is 21.3. The van der Waals surface area contributed by atoms with Gasteiger partial charge in [0.05, 0.1) is 19.6 Å². The second kappa shape index (κ2) is 10.4. The van der Waals surface area contributed by atoms with E-state index in [0.717, 1.165) is 16.2 Å². The zero-order valence-corrected chi connectivity index (χ0v) is 16.6. The molecule has 1 fully saturated rings. The predicted octanol–water partition coefficient (Wildman–Crippen LogP) is 3.00. The van der Waals surface area contributed by atoms with Crippen LogP contribution >= 0.6 is 0 Å². The van der Waals surface area contributed by atoms with Crippen LogP contribution in [-0.2, 0) is 41.9 Å². The molecule has 0 radical (unpaired) electrons. The number of esters is 2. The molecule has 2 atom stereocenters. The number of rotatable bonds is 7. The number of hydrogen-bond acceptors (Lipinski definition) is 7. The van der Waals surface area contributed by atoms with Crippen LogP contribution in [-0.4, -0.2) is 42.4 Å². The molecule has 2 aromatic rings. The van der Waals surface area contributed by atoms with Crippen LogP contribution in [0.5, 0.6) is 0 Å². The van der Waals surface area contributed by atoms with E-state index in [0.29, 0.717) is 0 Å². The van der Waals surface area contributed by atoms with Gasteiger partial charge in [-0.15, -0.1) is 0 Å². The summed E-state index contributed by atoms with van der Waals surface area (Å²) < 4.78 is 15.3. The van der Waals surface area contributed by atoms with Gasteiger partial charge in [0.1, 0.15) is 13.2 Å². The van der Waals surface area contributed by atoms with Gasteiger partial charge in [-0.3, -0.25) is 9.63 Å². The smallest absolute Gasteiger partial charge is 0.435 e. The van der Waals surface area contributed by atoms with Crippen molar-refractivity contribution in [2.24, 2.45) is 0 Å². The number of carbonyl (C=O) groups excluding carboxylic acids is 3. The molecule has 30 heavy (non-hydrogen) atoms. The average Bonchev–Trinajstić information content (AvgIpc) is 3.21. The van der Waals surface area contributed by atoms with Gasteiger partial charge in [-0.2, -0.15) is 5.06 Å². The van der Waals surface area contributed by atoms with Crippen molar-refractivity contribution in [3.05, 3.63) is 71.8 Å². The molecule has 2 aromatic carbocycles. The van der Waals surface area contributed by atoms with Crippen molar-refractivity contribution < 1.29 is 33.4 Å². The lowest BCUT2D eigenvalue weighted by atomic mass is 10.1. The molecular weight excluding hydrogens is 390 g/mol. The Hall–Kier alpha value is -3.39. The molecule has 158 valence electrons. The molecule has 1 amide bonds. The Kier molecular flexibility index (Phi) is 7.40. The van der Waals surface area contributed by atoms with E-state index in [1.54, 1.807) is 0 Å². The highest BCUT2D eigenvalue weighted by Gasteiger charge is 2.44. The number of ether oxygens (including phenoxy) is 3. The van der Waals surface area contributed by atoms with Crippen LogP contribution in [0.3, 0.4) is 0 Å². The third-order valence-electron chi connectivity index (χ3n) is 4.53. The summed E-state index contributed by atoms with van der Waals surface area (Å²) in [5.74, 6) is -1.14. The van der Waals surface area contributed by atoms with Crippen molar-refractivity contribution in [2.75, 3.05) is 7.11 Å². The Bertz CT molecular complexity index is 793. The molecule has 0 aromatic heterocycles. The van der Waals surface area contributed by atoms with Gasteiger partial charge >= 0.3 is 18.0 Å². The van der Waals surface area contributed by atoms with Crippen LogP contribution in [0.2, 0.25) is 0 Å². The predicted molar refractivity (Wildman–Crippen MR) is 105 cm³/mol. The first-order valence-electron chi connectivity index (χ1n) is 9.51. The van der Waals surface area contributed by atoms with Crippen LogP contribution < -0.4 is 0 Å². The van der Waals surface area contributed by atoms with Crippen molar-refractivity contribution in [3.63, 3.8) is 0 Å². The fourth-order valence-corrected chi connectivity index (χ4v) is 2.98. The normalized spacial score (nSPS) is 18.0. The number of nitrogens with zero attached hydrogens (tertiary/aromatic N) is 1. The maximum atomic E-state index is 12.6. The van der Waals surface area contributed by atoms with Crippen LogP contribution in [0.15, 0.2) is 60.7 Å². The summed E-state index contributed by atoms with van der Waals surface area (Å²) >= 11 is 0. The molecule has 3 rings (SSSR count). The topological polar surface area (TPSA) is 91.4 Å². The lowest BCUT2D eigenvalue weighted by molar-refractivity contribution is -0.174. The van der Waals surface area contributed by atoms with Gasteiger partial charge in [-0.25, -0.2) is 9.59 Å². The maximum Gasteiger partial charge on any atom is 0.435 e. The van der Waals surface area contributed by atoms with E-state index < -0.39 is 30.2 Å². The van der Waals surface area contributed by atoms with E-state index >= 15 is 0 Å². The number of hydroxylamine groups is 2. The van der Waals surface area contributed by atoms with Crippen LogP contribution in [0.4, 0.5) is 4.79 Å². The lowest BCUT2D eigenvalue weighted by Gasteiger charge is -2.21. The average molecular weight is 413 g/mol. The SMILES string of the molecule is COC(=O)C[C@H]1C[C@@H](C(=O)OCc2ccccc2)N(C(=O)OCc2ccccc2)O1. The second-order valence-electron chi connectivity index (χ2n) is 6.72. The zero-order valence-electron chi connectivity index (χ0n) is 16.6. The molecule has 0 bridgehead atoms. The summed E-state index contributed by atoms with van der Waals surface area (Å²) in [7, 11) is 1.26. The second-order valence-corrected chi connectivity index (χ2v) is 6.72. The van der Waals surface area contributed by atoms with Crippen molar-refractivity contribution in [1.82, 2.24) is 5.06 Å². The highest BCUT2D eigenvalue weighted by Crippen LogP contribution is 2.26. The minimum atomic E-state index is -1.02. The summed E-state index contributed by atoms with van der Waals surface area (Å²) in [5.41, 5.74) is 1.61. The van der Waals surface area contributed by atoms with Crippen molar-refractivity contribution >= 4 is 18.0 Å². The van der Waals surface area contributed by atoms with E-state index in [1.807, 2.05) is 60.7 Å². The molecule has 1 heterocycles. The first-order valence-corrected chi connectivity index (χ1v) is 9.51. The summed E-state index contributed by atoms with van der Waals surface area (Å²) in [4.78, 5) is 42.3. The first-order chi connectivity index (χ1) is 14.6. The summed E-state index contributed by atoms with van der Waals surface area (Å²) in [6.07, 6.45) is -1.52. The quantitative estimate of drug-likeness (QED) is 0.509. The number of amides is 1. The van der Waals surface area contributed by atoms with Gasteiger partial charge in [0.15, 0.2) is 6.04 Å². The number of carbonyl (C=O) groups is 3. The summed E-state index contributed by atoms with van der Waals surface area (Å²) in [6, 6.07) is 17.3. The fourth-order valence-electron chi connectivity index (χ4n) is 2.98. The molecule has 0 saturated carbocycles. The summed E-state index contributed by atoms with van der Waals surface area (Å²) in [6.45, 7) is 0.0811. The Labute approximate surface area is 174 Å². The fraction of sp³-hybridized carbons (Fsp3) is 0.318. The lowest BCUT2D eigenvalue weighted by Crippen LogP contribution is -2.40. The minimum absolute atomic E-state index is 0.0208. The van der Waals surface area contributed by atoms with Gasteiger partial charge in [0.2, 0.25) is 0 Å². The van der Waals surface area contributed by atoms with Gasteiger partial charge < -0.3 is 14.2 Å². The van der Waals surface area contributed by atoms with E-state index in [-0.39, 0.29) is 26.1 Å². The highest BCUT2D eigenvalue weighted by molar-refractivity contribution is 5.81. The molecule has 1 aliphatic heterocycles. The molecule has 0 unspecified atom stereocenters. The number of methoxy groups -OCH3 is 1. The molecule has 0 N–H and O–H groups in total. The standard InChI is InChI=1S/C22H23NO7/c1-27-20(24)13-18-12-19(21(25)28-14-16-8-4-2-5-9-16)23(30-18)22(26)29-15-17-10-6-3-7-11-17/h2-11,18-19H,12-15H2,1H3/t18-,19+/m1/s1. The van der Waals surface area contributed by atoms with E-state index in [1.165, 1.54) is 7.11 Å².